The van der Waals surface area contributed by atoms with E-state index in [1.54, 1.807) is 6.20 Å². The molecule has 0 N–H and O–H groups in total. The van der Waals surface area contributed by atoms with Crippen LogP contribution in [-0.4, -0.2) is 18.2 Å². The molecule has 2 rings (SSSR count). The predicted molar refractivity (Wildman–Crippen MR) is 98.8 cm³/mol. The van der Waals surface area contributed by atoms with Crippen molar-refractivity contribution >= 4 is 0 Å². The third-order valence-corrected chi connectivity index (χ3v) is 4.30. The molecule has 0 aliphatic heterocycles. The summed E-state index contributed by atoms with van der Waals surface area (Å²) in [5.41, 5.74) is 2.55. The Bertz CT molecular complexity index is 591. The van der Waals surface area contributed by atoms with Crippen molar-refractivity contribution in [2.24, 2.45) is 5.92 Å². The first kappa shape index (κ1) is 18.3. The Hall–Kier alpha value is -2.03. The van der Waals surface area contributed by atoms with Gasteiger partial charge in [0.1, 0.15) is 5.75 Å². The fourth-order valence-corrected chi connectivity index (χ4v) is 2.65. The quantitative estimate of drug-likeness (QED) is 0.561. The summed E-state index contributed by atoms with van der Waals surface area (Å²) < 4.78 is 11.4. The van der Waals surface area contributed by atoms with Gasteiger partial charge in [0.25, 0.3) is 0 Å². The van der Waals surface area contributed by atoms with Crippen LogP contribution in [0.25, 0.3) is 0 Å². The highest BCUT2D eigenvalue weighted by Gasteiger charge is 2.05. The van der Waals surface area contributed by atoms with Crippen LogP contribution < -0.4 is 9.47 Å². The predicted octanol–water partition coefficient (Wildman–Crippen LogP) is 5.22. The zero-order valence-corrected chi connectivity index (χ0v) is 15.1. The molecule has 1 aromatic heterocycles. The number of pyridine rings is 1. The molecule has 3 heteroatoms. The van der Waals surface area contributed by atoms with E-state index in [0.717, 1.165) is 30.1 Å². The maximum Gasteiger partial charge on any atom is 0.213 e. The van der Waals surface area contributed by atoms with Gasteiger partial charge in [0, 0.05) is 18.7 Å². The van der Waals surface area contributed by atoms with E-state index in [-0.39, 0.29) is 0 Å². The average Bonchev–Trinajstić information content (AvgIpc) is 2.60. The highest BCUT2D eigenvalue weighted by atomic mass is 16.5. The van der Waals surface area contributed by atoms with E-state index in [4.69, 9.17) is 9.47 Å². The molecule has 24 heavy (non-hydrogen) atoms. The van der Waals surface area contributed by atoms with Crippen LogP contribution in [0.5, 0.6) is 11.6 Å². The Balaban J connectivity index is 1.67. The molecule has 0 saturated heterocycles. The molecule has 3 nitrogen and oxygen atoms in total. The summed E-state index contributed by atoms with van der Waals surface area (Å²) in [6.07, 6.45) is 6.25. The average molecular weight is 327 g/mol. The SMILES string of the molecule is CCC(CC)Cc1ccc(OCCCOc2cc(C)ccn2)cc1. The minimum absolute atomic E-state index is 0.614. The fraction of sp³-hybridized carbons (Fsp3) is 0.476. The third kappa shape index (κ3) is 6.23. The van der Waals surface area contributed by atoms with E-state index in [0.29, 0.717) is 19.1 Å². The summed E-state index contributed by atoms with van der Waals surface area (Å²) in [6, 6.07) is 12.4. The van der Waals surface area contributed by atoms with Crippen molar-refractivity contribution in [1.29, 1.82) is 0 Å². The molecule has 0 saturated carbocycles. The molecule has 0 spiro atoms. The number of aryl methyl sites for hydroxylation is 1. The van der Waals surface area contributed by atoms with Crippen LogP contribution in [-0.2, 0) is 6.42 Å². The first-order chi connectivity index (χ1) is 11.7. The number of benzene rings is 1. The molecule has 0 aliphatic rings. The van der Waals surface area contributed by atoms with E-state index < -0.39 is 0 Å². The first-order valence-corrected chi connectivity index (χ1v) is 8.98. The lowest BCUT2D eigenvalue weighted by atomic mass is 9.95. The van der Waals surface area contributed by atoms with Crippen LogP contribution in [0.3, 0.4) is 0 Å². The normalized spacial score (nSPS) is 10.8. The number of nitrogens with zero attached hydrogens (tertiary/aromatic N) is 1. The van der Waals surface area contributed by atoms with Gasteiger partial charge in [-0.15, -0.1) is 0 Å². The van der Waals surface area contributed by atoms with Crippen molar-refractivity contribution in [2.45, 2.75) is 46.5 Å². The van der Waals surface area contributed by atoms with E-state index in [1.807, 2.05) is 19.1 Å². The van der Waals surface area contributed by atoms with E-state index >= 15 is 0 Å². The van der Waals surface area contributed by atoms with Crippen LogP contribution in [0.4, 0.5) is 0 Å². The van der Waals surface area contributed by atoms with Crippen molar-refractivity contribution in [3.8, 4) is 11.6 Å². The molecular weight excluding hydrogens is 298 g/mol. The topological polar surface area (TPSA) is 31.4 Å². The van der Waals surface area contributed by atoms with Gasteiger partial charge in [-0.25, -0.2) is 4.98 Å². The van der Waals surface area contributed by atoms with Crippen LogP contribution in [0.2, 0.25) is 0 Å². The lowest BCUT2D eigenvalue weighted by Crippen LogP contribution is -2.06. The summed E-state index contributed by atoms with van der Waals surface area (Å²) in [7, 11) is 0. The molecule has 0 fully saturated rings. The fourth-order valence-electron chi connectivity index (χ4n) is 2.65. The van der Waals surface area contributed by atoms with Crippen LogP contribution >= 0.6 is 0 Å². The summed E-state index contributed by atoms with van der Waals surface area (Å²) in [6.45, 7) is 7.82. The minimum atomic E-state index is 0.614. The molecule has 130 valence electrons. The third-order valence-electron chi connectivity index (χ3n) is 4.30. The summed E-state index contributed by atoms with van der Waals surface area (Å²) in [5, 5.41) is 0. The molecule has 0 radical (unpaired) electrons. The summed E-state index contributed by atoms with van der Waals surface area (Å²) >= 11 is 0. The van der Waals surface area contributed by atoms with Crippen molar-refractivity contribution < 1.29 is 9.47 Å². The molecule has 0 bridgehead atoms. The number of hydrogen-bond acceptors (Lipinski definition) is 3. The van der Waals surface area contributed by atoms with E-state index in [2.05, 4.69) is 43.1 Å². The van der Waals surface area contributed by atoms with Crippen LogP contribution in [0.1, 0.15) is 44.2 Å². The zero-order valence-electron chi connectivity index (χ0n) is 15.1. The van der Waals surface area contributed by atoms with Gasteiger partial charge >= 0.3 is 0 Å². The molecular formula is C21H29NO2. The van der Waals surface area contributed by atoms with Gasteiger partial charge in [0.15, 0.2) is 0 Å². The van der Waals surface area contributed by atoms with Crippen molar-refractivity contribution in [3.63, 3.8) is 0 Å². The Morgan fingerprint density at radius 3 is 2.33 bits per heavy atom. The van der Waals surface area contributed by atoms with Gasteiger partial charge < -0.3 is 9.47 Å². The standard InChI is InChI=1S/C21H29NO2/c1-4-18(5-2)16-19-7-9-20(10-8-19)23-13-6-14-24-21-15-17(3)11-12-22-21/h7-12,15,18H,4-6,13-14,16H2,1-3H3. The number of ether oxygens (including phenoxy) is 2. The second-order valence-electron chi connectivity index (χ2n) is 6.25. The number of rotatable bonds is 10. The molecule has 1 aromatic carbocycles. The second kappa shape index (κ2) is 9.96. The molecule has 0 unspecified atom stereocenters. The lowest BCUT2D eigenvalue weighted by Gasteiger charge is -2.13. The summed E-state index contributed by atoms with van der Waals surface area (Å²) in [4.78, 5) is 4.18. The number of hydrogen-bond donors (Lipinski definition) is 0. The van der Waals surface area contributed by atoms with Crippen LogP contribution in [0, 0.1) is 12.8 Å². The van der Waals surface area contributed by atoms with Gasteiger partial charge in [-0.05, 0) is 48.6 Å². The zero-order chi connectivity index (χ0) is 17.2. The lowest BCUT2D eigenvalue weighted by molar-refractivity contribution is 0.242. The molecule has 2 aromatic rings. The van der Waals surface area contributed by atoms with Gasteiger partial charge in [-0.1, -0.05) is 38.8 Å². The molecule has 1 heterocycles. The number of aromatic nitrogens is 1. The van der Waals surface area contributed by atoms with E-state index in [9.17, 15) is 0 Å². The molecule has 0 amide bonds. The maximum absolute atomic E-state index is 5.78. The van der Waals surface area contributed by atoms with Gasteiger partial charge in [0.05, 0.1) is 13.2 Å². The highest BCUT2D eigenvalue weighted by Crippen LogP contribution is 2.18. The Labute approximate surface area is 146 Å². The Kier molecular flexibility index (Phi) is 7.60. The van der Waals surface area contributed by atoms with Gasteiger partial charge in [-0.3, -0.25) is 0 Å². The van der Waals surface area contributed by atoms with E-state index in [1.165, 1.54) is 18.4 Å². The highest BCUT2D eigenvalue weighted by molar-refractivity contribution is 5.27. The maximum atomic E-state index is 5.78. The Morgan fingerprint density at radius 2 is 1.67 bits per heavy atom. The van der Waals surface area contributed by atoms with Gasteiger partial charge in [-0.2, -0.15) is 0 Å². The van der Waals surface area contributed by atoms with Crippen LogP contribution in [0.15, 0.2) is 42.6 Å². The largest absolute Gasteiger partial charge is 0.493 e. The summed E-state index contributed by atoms with van der Waals surface area (Å²) in [5.74, 6) is 2.39. The smallest absolute Gasteiger partial charge is 0.213 e. The van der Waals surface area contributed by atoms with Crippen molar-refractivity contribution in [1.82, 2.24) is 4.98 Å². The minimum Gasteiger partial charge on any atom is -0.493 e. The second-order valence-corrected chi connectivity index (χ2v) is 6.25. The molecule has 0 atom stereocenters. The van der Waals surface area contributed by atoms with Gasteiger partial charge in [0.2, 0.25) is 5.88 Å². The van der Waals surface area contributed by atoms with Crippen molar-refractivity contribution in [2.75, 3.05) is 13.2 Å². The Morgan fingerprint density at radius 1 is 0.958 bits per heavy atom. The molecule has 0 aliphatic carbocycles. The van der Waals surface area contributed by atoms with Crippen molar-refractivity contribution in [3.05, 3.63) is 53.7 Å². The first-order valence-electron chi connectivity index (χ1n) is 8.98. The monoisotopic (exact) mass is 327 g/mol.